The molecule has 1 amide bonds. The van der Waals surface area contributed by atoms with Crippen molar-refractivity contribution in [2.75, 3.05) is 5.32 Å². The van der Waals surface area contributed by atoms with Crippen molar-refractivity contribution in [3.63, 3.8) is 0 Å². The Morgan fingerprint density at radius 2 is 1.96 bits per heavy atom. The number of carbonyl (C=O) groups excluding carboxylic acids is 1. The van der Waals surface area contributed by atoms with E-state index < -0.39 is 5.76 Å². The van der Waals surface area contributed by atoms with E-state index >= 15 is 0 Å². The van der Waals surface area contributed by atoms with Crippen LogP contribution in [0.1, 0.15) is 24.8 Å². The van der Waals surface area contributed by atoms with Crippen LogP contribution < -0.4 is 11.1 Å². The van der Waals surface area contributed by atoms with Crippen molar-refractivity contribution >= 4 is 22.7 Å². The molecule has 0 saturated heterocycles. The maximum Gasteiger partial charge on any atom is 0.419 e. The summed E-state index contributed by atoms with van der Waals surface area (Å²) in [7, 11) is 1.60. The van der Waals surface area contributed by atoms with Crippen molar-refractivity contribution < 1.29 is 13.6 Å². The average Bonchev–Trinajstić information content (AvgIpc) is 2.85. The standard InChI is InChI=1S/C18H17FN2O3/c1-3-14(11-4-6-12(19)7-5-11)17(22)20-13-8-9-16-15(10-13)21(2)18(23)24-16/h4-10,14H,3H2,1-2H3,(H,20,22). The van der Waals surface area contributed by atoms with Gasteiger partial charge in [-0.25, -0.2) is 9.18 Å². The van der Waals surface area contributed by atoms with Crippen molar-refractivity contribution in [1.82, 2.24) is 4.57 Å². The van der Waals surface area contributed by atoms with Crippen LogP contribution in [0.3, 0.4) is 0 Å². The van der Waals surface area contributed by atoms with Gasteiger partial charge in [0.15, 0.2) is 5.58 Å². The third-order valence-electron chi connectivity index (χ3n) is 4.06. The van der Waals surface area contributed by atoms with Crippen molar-refractivity contribution in [3.8, 4) is 0 Å². The van der Waals surface area contributed by atoms with Gasteiger partial charge in [0, 0.05) is 12.7 Å². The number of amides is 1. The average molecular weight is 328 g/mol. The lowest BCUT2D eigenvalue weighted by Crippen LogP contribution is -2.20. The van der Waals surface area contributed by atoms with Gasteiger partial charge in [-0.2, -0.15) is 0 Å². The monoisotopic (exact) mass is 328 g/mol. The number of benzene rings is 2. The van der Waals surface area contributed by atoms with Crippen LogP contribution in [0.4, 0.5) is 10.1 Å². The van der Waals surface area contributed by atoms with Crippen molar-refractivity contribution in [2.45, 2.75) is 19.3 Å². The molecule has 2 aromatic carbocycles. The number of oxazole rings is 1. The van der Waals surface area contributed by atoms with Gasteiger partial charge in [-0.3, -0.25) is 9.36 Å². The number of hydrogen-bond donors (Lipinski definition) is 1. The Bertz CT molecular complexity index is 941. The molecule has 1 N–H and O–H groups in total. The van der Waals surface area contributed by atoms with Gasteiger partial charge in [0.25, 0.3) is 0 Å². The van der Waals surface area contributed by atoms with Crippen LogP contribution in [-0.4, -0.2) is 10.5 Å². The molecule has 0 aliphatic rings. The molecule has 1 aromatic heterocycles. The van der Waals surface area contributed by atoms with Crippen LogP contribution in [-0.2, 0) is 11.8 Å². The van der Waals surface area contributed by atoms with Gasteiger partial charge in [-0.1, -0.05) is 19.1 Å². The summed E-state index contributed by atoms with van der Waals surface area (Å²) < 4.78 is 19.5. The predicted molar refractivity (Wildman–Crippen MR) is 89.5 cm³/mol. The van der Waals surface area contributed by atoms with Gasteiger partial charge in [0.05, 0.1) is 11.4 Å². The van der Waals surface area contributed by atoms with Crippen molar-refractivity contribution in [1.29, 1.82) is 0 Å². The molecule has 24 heavy (non-hydrogen) atoms. The smallest absolute Gasteiger partial charge is 0.408 e. The number of carbonyl (C=O) groups is 1. The number of rotatable bonds is 4. The van der Waals surface area contributed by atoms with Crippen LogP contribution >= 0.6 is 0 Å². The van der Waals surface area contributed by atoms with E-state index in [1.807, 2.05) is 6.92 Å². The zero-order valence-corrected chi connectivity index (χ0v) is 13.4. The number of aromatic nitrogens is 1. The first kappa shape index (κ1) is 16.0. The molecule has 3 aromatic rings. The molecular formula is C18H17FN2O3. The van der Waals surface area contributed by atoms with Crippen LogP contribution in [0.15, 0.2) is 51.7 Å². The summed E-state index contributed by atoms with van der Waals surface area (Å²) in [5.74, 6) is -1.35. The molecule has 0 radical (unpaired) electrons. The second kappa shape index (κ2) is 6.31. The maximum atomic E-state index is 13.1. The Kier molecular flexibility index (Phi) is 4.20. The molecule has 0 bridgehead atoms. The Hall–Kier alpha value is -2.89. The van der Waals surface area contributed by atoms with E-state index in [0.717, 1.165) is 5.56 Å². The topological polar surface area (TPSA) is 64.2 Å². The zero-order chi connectivity index (χ0) is 17.3. The molecule has 1 unspecified atom stereocenters. The van der Waals surface area contributed by atoms with E-state index in [1.54, 1.807) is 37.4 Å². The normalized spacial score (nSPS) is 12.3. The van der Waals surface area contributed by atoms with E-state index in [2.05, 4.69) is 5.32 Å². The number of anilines is 1. The Morgan fingerprint density at radius 3 is 2.62 bits per heavy atom. The summed E-state index contributed by atoms with van der Waals surface area (Å²) in [6.07, 6.45) is 0.587. The highest BCUT2D eigenvalue weighted by molar-refractivity contribution is 5.97. The molecule has 1 atom stereocenters. The second-order valence-corrected chi connectivity index (χ2v) is 5.61. The highest BCUT2D eigenvalue weighted by atomic mass is 19.1. The van der Waals surface area contributed by atoms with Crippen LogP contribution in [0.2, 0.25) is 0 Å². The molecular weight excluding hydrogens is 311 g/mol. The number of nitrogens with one attached hydrogen (secondary N) is 1. The minimum absolute atomic E-state index is 0.183. The summed E-state index contributed by atoms with van der Waals surface area (Å²) >= 11 is 0. The summed E-state index contributed by atoms with van der Waals surface area (Å²) in [6.45, 7) is 1.90. The minimum atomic E-state index is -0.453. The summed E-state index contributed by atoms with van der Waals surface area (Å²) in [4.78, 5) is 24.1. The number of fused-ring (bicyclic) bond motifs is 1. The lowest BCUT2D eigenvalue weighted by molar-refractivity contribution is -0.117. The molecule has 0 aliphatic carbocycles. The molecule has 5 nitrogen and oxygen atoms in total. The molecule has 3 rings (SSSR count). The van der Waals surface area contributed by atoms with Crippen LogP contribution in [0.25, 0.3) is 11.1 Å². The molecule has 6 heteroatoms. The highest BCUT2D eigenvalue weighted by Crippen LogP contribution is 2.23. The molecule has 0 saturated carbocycles. The Balaban J connectivity index is 1.86. The molecule has 124 valence electrons. The first-order chi connectivity index (χ1) is 11.5. The van der Waals surface area contributed by atoms with Gasteiger partial charge in [0.2, 0.25) is 5.91 Å². The Labute approximate surface area is 137 Å². The third-order valence-corrected chi connectivity index (χ3v) is 4.06. The van der Waals surface area contributed by atoms with E-state index in [4.69, 9.17) is 4.42 Å². The number of aryl methyl sites for hydroxylation is 1. The zero-order valence-electron chi connectivity index (χ0n) is 13.4. The van der Waals surface area contributed by atoms with Gasteiger partial charge >= 0.3 is 5.76 Å². The van der Waals surface area contributed by atoms with Gasteiger partial charge < -0.3 is 9.73 Å². The van der Waals surface area contributed by atoms with Crippen LogP contribution in [0.5, 0.6) is 0 Å². The number of hydrogen-bond acceptors (Lipinski definition) is 3. The molecule has 1 heterocycles. The Morgan fingerprint density at radius 1 is 1.25 bits per heavy atom. The minimum Gasteiger partial charge on any atom is -0.408 e. The number of nitrogens with zero attached hydrogens (tertiary/aromatic N) is 1. The predicted octanol–water partition coefficient (Wildman–Crippen LogP) is 3.40. The van der Waals surface area contributed by atoms with E-state index in [-0.39, 0.29) is 17.6 Å². The van der Waals surface area contributed by atoms with Gasteiger partial charge in [0.1, 0.15) is 5.82 Å². The van der Waals surface area contributed by atoms with Gasteiger partial charge in [-0.05, 0) is 42.3 Å². The van der Waals surface area contributed by atoms with E-state index in [0.29, 0.717) is 23.2 Å². The fourth-order valence-corrected chi connectivity index (χ4v) is 2.70. The quantitative estimate of drug-likeness (QED) is 0.798. The SMILES string of the molecule is CCC(C(=O)Nc1ccc2oc(=O)n(C)c2c1)c1ccc(F)cc1. The second-order valence-electron chi connectivity index (χ2n) is 5.61. The fraction of sp³-hybridized carbons (Fsp3) is 0.222. The highest BCUT2D eigenvalue weighted by Gasteiger charge is 2.19. The van der Waals surface area contributed by atoms with E-state index in [1.165, 1.54) is 16.7 Å². The first-order valence-corrected chi connectivity index (χ1v) is 7.65. The first-order valence-electron chi connectivity index (χ1n) is 7.65. The maximum absolute atomic E-state index is 13.1. The molecule has 0 spiro atoms. The van der Waals surface area contributed by atoms with Crippen molar-refractivity contribution in [3.05, 3.63) is 64.4 Å². The molecule has 0 fully saturated rings. The van der Waals surface area contributed by atoms with Gasteiger partial charge in [-0.15, -0.1) is 0 Å². The number of halogens is 1. The summed E-state index contributed by atoms with van der Waals surface area (Å²) in [6, 6.07) is 10.9. The third kappa shape index (κ3) is 2.95. The van der Waals surface area contributed by atoms with Crippen LogP contribution in [0, 0.1) is 5.82 Å². The van der Waals surface area contributed by atoms with Crippen molar-refractivity contribution in [2.24, 2.45) is 7.05 Å². The summed E-state index contributed by atoms with van der Waals surface area (Å²) in [5, 5.41) is 2.84. The fourth-order valence-electron chi connectivity index (χ4n) is 2.70. The lowest BCUT2D eigenvalue weighted by Gasteiger charge is -2.15. The van der Waals surface area contributed by atoms with E-state index in [9.17, 15) is 14.0 Å². The molecule has 0 aliphatic heterocycles. The summed E-state index contributed by atoms with van der Waals surface area (Å²) in [5.41, 5.74) is 2.40. The largest absolute Gasteiger partial charge is 0.419 e. The lowest BCUT2D eigenvalue weighted by atomic mass is 9.95.